The van der Waals surface area contributed by atoms with Crippen molar-refractivity contribution in [3.63, 3.8) is 0 Å². The molecule has 3 heteroatoms. The minimum absolute atomic E-state index is 0.723. The minimum atomic E-state index is 0.723. The van der Waals surface area contributed by atoms with Gasteiger partial charge in [0.15, 0.2) is 0 Å². The smallest absolute Gasteiger partial charge is 0.119 e. The summed E-state index contributed by atoms with van der Waals surface area (Å²) in [4.78, 5) is 2.27. The normalized spacial score (nSPS) is 14.7. The molecule has 1 aromatic carbocycles. The van der Waals surface area contributed by atoms with E-state index in [0.717, 1.165) is 31.5 Å². The van der Waals surface area contributed by atoms with E-state index in [1.54, 1.807) is 0 Å². The maximum Gasteiger partial charge on any atom is 0.119 e. The lowest BCUT2D eigenvalue weighted by Crippen LogP contribution is -2.30. The van der Waals surface area contributed by atoms with Crippen LogP contribution in [0, 0.1) is 0 Å². The number of ether oxygens (including phenoxy) is 1. The van der Waals surface area contributed by atoms with Gasteiger partial charge in [-0.3, -0.25) is 0 Å². The lowest BCUT2D eigenvalue weighted by molar-refractivity contribution is 0.340. The molecule has 0 spiro atoms. The first kappa shape index (κ1) is 12.2. The second-order valence-corrected chi connectivity index (χ2v) is 4.58. The highest BCUT2D eigenvalue weighted by atomic mass is 16.5. The molecule has 0 aromatic heterocycles. The molecule has 1 aliphatic carbocycles. The molecule has 0 saturated heterocycles. The van der Waals surface area contributed by atoms with Crippen LogP contribution in [0.1, 0.15) is 19.8 Å². The van der Waals surface area contributed by atoms with Gasteiger partial charge >= 0.3 is 0 Å². The number of anilines is 1. The molecular weight excluding hydrogens is 212 g/mol. The predicted molar refractivity (Wildman–Crippen MR) is 71.9 cm³/mol. The molecule has 0 aliphatic heterocycles. The molecule has 0 heterocycles. The highest BCUT2D eigenvalue weighted by molar-refractivity contribution is 5.48. The predicted octanol–water partition coefficient (Wildman–Crippen LogP) is 2.27. The molecule has 1 N–H and O–H groups in total. The van der Waals surface area contributed by atoms with E-state index >= 15 is 0 Å². The third-order valence-corrected chi connectivity index (χ3v) is 3.05. The van der Waals surface area contributed by atoms with E-state index in [4.69, 9.17) is 4.74 Å². The van der Waals surface area contributed by atoms with Gasteiger partial charge in [0.25, 0.3) is 0 Å². The van der Waals surface area contributed by atoms with Gasteiger partial charge in [-0.15, -0.1) is 0 Å². The number of hydrogen-bond donors (Lipinski definition) is 1. The summed E-state index contributed by atoms with van der Waals surface area (Å²) >= 11 is 0. The van der Waals surface area contributed by atoms with Crippen molar-refractivity contribution in [2.75, 3.05) is 31.6 Å². The van der Waals surface area contributed by atoms with Gasteiger partial charge in [-0.25, -0.2) is 0 Å². The van der Waals surface area contributed by atoms with Gasteiger partial charge in [-0.1, -0.05) is 0 Å². The highest BCUT2D eigenvalue weighted by Crippen LogP contribution is 2.19. The number of nitrogens with one attached hydrogen (secondary N) is 1. The van der Waals surface area contributed by atoms with Crippen LogP contribution in [-0.4, -0.2) is 32.8 Å². The largest absolute Gasteiger partial charge is 0.494 e. The fraction of sp³-hybridized carbons (Fsp3) is 0.571. The van der Waals surface area contributed by atoms with Crippen LogP contribution in [0.15, 0.2) is 24.3 Å². The van der Waals surface area contributed by atoms with Crippen molar-refractivity contribution >= 4 is 5.69 Å². The molecule has 0 radical (unpaired) electrons. The molecule has 1 saturated carbocycles. The van der Waals surface area contributed by atoms with E-state index < -0.39 is 0 Å². The quantitative estimate of drug-likeness (QED) is 0.783. The topological polar surface area (TPSA) is 24.5 Å². The van der Waals surface area contributed by atoms with Gasteiger partial charge in [0, 0.05) is 31.9 Å². The summed E-state index contributed by atoms with van der Waals surface area (Å²) in [6.07, 6.45) is 2.71. The van der Waals surface area contributed by atoms with Crippen molar-refractivity contribution in [3.05, 3.63) is 24.3 Å². The summed E-state index contributed by atoms with van der Waals surface area (Å²) in [7, 11) is 2.13. The molecule has 1 aliphatic rings. The van der Waals surface area contributed by atoms with Crippen LogP contribution in [0.25, 0.3) is 0 Å². The zero-order valence-corrected chi connectivity index (χ0v) is 10.8. The molecule has 0 unspecified atom stereocenters. The molecule has 17 heavy (non-hydrogen) atoms. The second-order valence-electron chi connectivity index (χ2n) is 4.58. The Morgan fingerprint density at radius 3 is 2.59 bits per heavy atom. The molecule has 0 bridgehead atoms. The summed E-state index contributed by atoms with van der Waals surface area (Å²) in [5.74, 6) is 0.945. The van der Waals surface area contributed by atoms with Crippen LogP contribution in [0.4, 0.5) is 5.69 Å². The summed E-state index contributed by atoms with van der Waals surface area (Å²) in [6.45, 7) is 4.84. The Labute approximate surface area is 104 Å². The third kappa shape index (κ3) is 3.93. The first-order valence-corrected chi connectivity index (χ1v) is 6.47. The lowest BCUT2D eigenvalue weighted by Gasteiger charge is -2.19. The first-order valence-electron chi connectivity index (χ1n) is 6.47. The van der Waals surface area contributed by atoms with Crippen molar-refractivity contribution in [1.29, 1.82) is 0 Å². The Balaban J connectivity index is 1.78. The van der Waals surface area contributed by atoms with Gasteiger partial charge in [-0.2, -0.15) is 0 Å². The van der Waals surface area contributed by atoms with E-state index in [0.29, 0.717) is 0 Å². The van der Waals surface area contributed by atoms with Gasteiger partial charge in [0.05, 0.1) is 6.61 Å². The standard InChI is InChI=1S/C14H22N2O/c1-3-17-14-8-6-13(7-9-14)16(2)11-10-15-12-4-5-12/h6-9,12,15H,3-5,10-11H2,1-2H3. The molecule has 1 aromatic rings. The van der Waals surface area contributed by atoms with Crippen LogP contribution < -0.4 is 15.0 Å². The molecule has 0 amide bonds. The summed E-state index contributed by atoms with van der Waals surface area (Å²) in [6, 6.07) is 9.08. The Bertz CT molecular complexity index is 333. The number of rotatable bonds is 7. The van der Waals surface area contributed by atoms with Crippen molar-refractivity contribution in [3.8, 4) is 5.75 Å². The van der Waals surface area contributed by atoms with Gasteiger partial charge in [0.1, 0.15) is 5.75 Å². The van der Waals surface area contributed by atoms with E-state index in [9.17, 15) is 0 Å². The molecule has 2 rings (SSSR count). The lowest BCUT2D eigenvalue weighted by atomic mass is 10.3. The van der Waals surface area contributed by atoms with Gasteiger partial charge in [0.2, 0.25) is 0 Å². The Hall–Kier alpha value is -1.22. The van der Waals surface area contributed by atoms with Crippen molar-refractivity contribution in [2.45, 2.75) is 25.8 Å². The summed E-state index contributed by atoms with van der Waals surface area (Å²) in [5.41, 5.74) is 1.24. The Morgan fingerprint density at radius 1 is 1.29 bits per heavy atom. The average Bonchev–Trinajstić information content (AvgIpc) is 3.14. The highest BCUT2D eigenvalue weighted by Gasteiger charge is 2.19. The van der Waals surface area contributed by atoms with Crippen molar-refractivity contribution < 1.29 is 4.74 Å². The van der Waals surface area contributed by atoms with Crippen LogP contribution >= 0.6 is 0 Å². The molecule has 3 nitrogen and oxygen atoms in total. The zero-order valence-electron chi connectivity index (χ0n) is 10.8. The van der Waals surface area contributed by atoms with E-state index in [-0.39, 0.29) is 0 Å². The fourth-order valence-corrected chi connectivity index (χ4v) is 1.82. The van der Waals surface area contributed by atoms with Crippen LogP contribution in [0.5, 0.6) is 5.75 Å². The number of likely N-dealkylation sites (N-methyl/N-ethyl adjacent to an activating group) is 1. The summed E-state index contributed by atoms with van der Waals surface area (Å²) in [5, 5.41) is 3.52. The molecular formula is C14H22N2O. The van der Waals surface area contributed by atoms with E-state index in [1.807, 2.05) is 19.1 Å². The average molecular weight is 234 g/mol. The number of nitrogens with zero attached hydrogens (tertiary/aromatic N) is 1. The van der Waals surface area contributed by atoms with Crippen LogP contribution in [0.2, 0.25) is 0 Å². The monoisotopic (exact) mass is 234 g/mol. The van der Waals surface area contributed by atoms with Crippen molar-refractivity contribution in [2.24, 2.45) is 0 Å². The van der Waals surface area contributed by atoms with Crippen molar-refractivity contribution in [1.82, 2.24) is 5.32 Å². The SMILES string of the molecule is CCOc1ccc(N(C)CCNC2CC2)cc1. The Kier molecular flexibility index (Phi) is 4.26. The van der Waals surface area contributed by atoms with Gasteiger partial charge in [-0.05, 0) is 44.0 Å². The van der Waals surface area contributed by atoms with Crippen LogP contribution in [0.3, 0.4) is 0 Å². The minimum Gasteiger partial charge on any atom is -0.494 e. The maximum atomic E-state index is 5.43. The molecule has 0 atom stereocenters. The fourth-order valence-electron chi connectivity index (χ4n) is 1.82. The number of hydrogen-bond acceptors (Lipinski definition) is 3. The number of benzene rings is 1. The van der Waals surface area contributed by atoms with E-state index in [2.05, 4.69) is 29.4 Å². The zero-order chi connectivity index (χ0) is 12.1. The summed E-state index contributed by atoms with van der Waals surface area (Å²) < 4.78 is 5.43. The molecule has 94 valence electrons. The van der Waals surface area contributed by atoms with Crippen LogP contribution in [-0.2, 0) is 0 Å². The maximum absolute atomic E-state index is 5.43. The van der Waals surface area contributed by atoms with E-state index in [1.165, 1.54) is 18.5 Å². The Morgan fingerprint density at radius 2 is 2.00 bits per heavy atom. The van der Waals surface area contributed by atoms with Gasteiger partial charge < -0.3 is 15.0 Å². The second kappa shape index (κ2) is 5.92. The molecule has 1 fully saturated rings. The third-order valence-electron chi connectivity index (χ3n) is 3.05. The first-order chi connectivity index (χ1) is 8.29.